The molecule has 32 heavy (non-hydrogen) atoms. The zero-order valence-electron chi connectivity index (χ0n) is 22.4. The van der Waals surface area contributed by atoms with E-state index in [0.29, 0.717) is 6.04 Å². The van der Waals surface area contributed by atoms with Crippen molar-refractivity contribution in [2.45, 2.75) is 149 Å². The Kier molecular flexibility index (Phi) is 30.3. The summed E-state index contributed by atoms with van der Waals surface area (Å²) in [5, 5.41) is 0. The first-order valence-corrected chi connectivity index (χ1v) is 14.1. The highest BCUT2D eigenvalue weighted by Gasteiger charge is 2.05. The Morgan fingerprint density at radius 2 is 1.00 bits per heavy atom. The Labute approximate surface area is 208 Å². The average molecular weight is 472 g/mol. The summed E-state index contributed by atoms with van der Waals surface area (Å²) >= 11 is 0. The van der Waals surface area contributed by atoms with Crippen LogP contribution in [0.4, 0.5) is 0 Å². The van der Waals surface area contributed by atoms with Gasteiger partial charge in [-0.05, 0) is 52.2 Å². The van der Waals surface area contributed by atoms with Crippen LogP contribution in [0.2, 0.25) is 0 Å². The lowest BCUT2D eigenvalue weighted by atomic mass is 10.1. The summed E-state index contributed by atoms with van der Waals surface area (Å²) < 4.78 is 0. The zero-order chi connectivity index (χ0) is 22.8. The van der Waals surface area contributed by atoms with Gasteiger partial charge in [0.1, 0.15) is 0 Å². The molecule has 0 fully saturated rings. The third kappa shape index (κ3) is 25.9. The minimum Gasteiger partial charge on any atom is -0.303 e. The molecule has 0 aromatic carbocycles. The molecule has 0 aromatic rings. The predicted octanol–water partition coefficient (Wildman–Crippen LogP) is 9.35. The fourth-order valence-electron chi connectivity index (χ4n) is 3.93. The van der Waals surface area contributed by atoms with Gasteiger partial charge >= 0.3 is 0 Å². The SMILES string of the molecule is CCCCCCCCCCN(CCCCCCCCCC)CCCN=C=NC(C)CC.Cl. The van der Waals surface area contributed by atoms with Crippen molar-refractivity contribution in [1.82, 2.24) is 4.90 Å². The lowest BCUT2D eigenvalue weighted by molar-refractivity contribution is 0.258. The van der Waals surface area contributed by atoms with Crippen LogP contribution in [0.25, 0.3) is 0 Å². The van der Waals surface area contributed by atoms with Gasteiger partial charge in [-0.25, -0.2) is 9.98 Å². The highest BCUT2D eigenvalue weighted by molar-refractivity contribution is 5.85. The Hall–Kier alpha value is -0.370. The maximum absolute atomic E-state index is 4.38. The summed E-state index contributed by atoms with van der Waals surface area (Å²) in [6, 6.07) is 3.25. The van der Waals surface area contributed by atoms with Crippen LogP contribution >= 0.6 is 12.4 Å². The fourth-order valence-corrected chi connectivity index (χ4v) is 3.93. The number of hydrogen-bond acceptors (Lipinski definition) is 3. The van der Waals surface area contributed by atoms with Gasteiger partial charge in [0.2, 0.25) is 0 Å². The van der Waals surface area contributed by atoms with Crippen molar-refractivity contribution in [3.05, 3.63) is 0 Å². The minimum absolute atomic E-state index is 0. The van der Waals surface area contributed by atoms with Crippen molar-refractivity contribution in [2.24, 2.45) is 9.98 Å². The Balaban J connectivity index is 0. The monoisotopic (exact) mass is 471 g/mol. The van der Waals surface area contributed by atoms with E-state index < -0.39 is 0 Å². The Bertz CT molecular complexity index is 387. The van der Waals surface area contributed by atoms with Crippen molar-refractivity contribution in [3.63, 3.8) is 0 Å². The molecule has 4 heteroatoms. The third-order valence-electron chi connectivity index (χ3n) is 6.34. The standard InChI is InChI=1S/C28H57N3.ClH/c1-5-8-10-12-14-16-18-20-24-31(25-21-19-17-15-13-11-9-6-2)26-22-23-29-27-30-28(4)7-3;/h28H,5-26H2,1-4H3;1H. The predicted molar refractivity (Wildman–Crippen MR) is 148 cm³/mol. The van der Waals surface area contributed by atoms with E-state index in [2.05, 4.69) is 48.6 Å². The molecule has 1 atom stereocenters. The Morgan fingerprint density at radius 3 is 1.44 bits per heavy atom. The molecule has 0 rings (SSSR count). The molecule has 0 aliphatic heterocycles. The molecule has 0 saturated carbocycles. The quantitative estimate of drug-likeness (QED) is 0.102. The van der Waals surface area contributed by atoms with Crippen LogP contribution in [0.3, 0.4) is 0 Å². The number of unbranched alkanes of at least 4 members (excludes halogenated alkanes) is 14. The van der Waals surface area contributed by atoms with Gasteiger partial charge in [-0.1, -0.05) is 111 Å². The number of halogens is 1. The lowest BCUT2D eigenvalue weighted by Crippen LogP contribution is -2.27. The molecule has 0 saturated heterocycles. The molecule has 0 aromatic heterocycles. The third-order valence-corrected chi connectivity index (χ3v) is 6.34. The number of aliphatic imine (C=N–C) groups is 2. The number of hydrogen-bond donors (Lipinski definition) is 0. The molecule has 3 nitrogen and oxygen atoms in total. The largest absolute Gasteiger partial charge is 0.303 e. The highest BCUT2D eigenvalue weighted by Crippen LogP contribution is 2.11. The van der Waals surface area contributed by atoms with E-state index in [1.54, 1.807) is 0 Å². The van der Waals surface area contributed by atoms with Gasteiger partial charge in [0, 0.05) is 0 Å². The van der Waals surface area contributed by atoms with E-state index in [1.807, 2.05) is 0 Å². The maximum atomic E-state index is 4.38. The maximum Gasteiger partial charge on any atom is 0.0895 e. The van der Waals surface area contributed by atoms with Crippen LogP contribution in [0.5, 0.6) is 0 Å². The number of rotatable bonds is 24. The fraction of sp³-hybridized carbons (Fsp3) is 0.964. The smallest absolute Gasteiger partial charge is 0.0895 e. The van der Waals surface area contributed by atoms with Crippen LogP contribution in [0, 0.1) is 0 Å². The second kappa shape index (κ2) is 28.7. The molecule has 0 amide bonds. The highest BCUT2D eigenvalue weighted by atomic mass is 35.5. The van der Waals surface area contributed by atoms with E-state index in [4.69, 9.17) is 0 Å². The minimum atomic E-state index is 0. The topological polar surface area (TPSA) is 28.0 Å². The van der Waals surface area contributed by atoms with Crippen molar-refractivity contribution in [3.8, 4) is 0 Å². The molecule has 0 bridgehead atoms. The van der Waals surface area contributed by atoms with Gasteiger partial charge in [-0.3, -0.25) is 0 Å². The van der Waals surface area contributed by atoms with Crippen LogP contribution < -0.4 is 0 Å². The average Bonchev–Trinajstić information content (AvgIpc) is 2.78. The second-order valence-electron chi connectivity index (χ2n) is 9.51. The summed E-state index contributed by atoms with van der Waals surface area (Å²) in [4.78, 5) is 11.4. The molecular weight excluding hydrogens is 414 g/mol. The van der Waals surface area contributed by atoms with Crippen LogP contribution in [0.1, 0.15) is 143 Å². The Morgan fingerprint density at radius 1 is 0.594 bits per heavy atom. The first kappa shape index (κ1) is 33.8. The summed E-state index contributed by atoms with van der Waals surface area (Å²) in [5.74, 6) is 0. The molecule has 0 N–H and O–H groups in total. The molecule has 0 aliphatic carbocycles. The van der Waals surface area contributed by atoms with E-state index in [-0.39, 0.29) is 12.4 Å². The summed E-state index contributed by atoms with van der Waals surface area (Å²) in [7, 11) is 0. The van der Waals surface area contributed by atoms with Crippen LogP contribution in [-0.2, 0) is 0 Å². The molecular formula is C28H58ClN3. The van der Waals surface area contributed by atoms with Gasteiger partial charge in [0.05, 0.1) is 18.6 Å². The van der Waals surface area contributed by atoms with Crippen molar-refractivity contribution in [2.75, 3.05) is 26.2 Å². The normalized spacial score (nSPS) is 11.8. The summed E-state index contributed by atoms with van der Waals surface area (Å²) in [6.07, 6.45) is 24.7. The summed E-state index contributed by atoms with van der Waals surface area (Å²) in [5.41, 5.74) is 0. The molecule has 0 heterocycles. The van der Waals surface area contributed by atoms with Crippen molar-refractivity contribution < 1.29 is 0 Å². The first-order valence-electron chi connectivity index (χ1n) is 14.1. The second-order valence-corrected chi connectivity index (χ2v) is 9.51. The van der Waals surface area contributed by atoms with Gasteiger partial charge in [-0.15, -0.1) is 12.4 Å². The molecule has 0 spiro atoms. The van der Waals surface area contributed by atoms with Crippen LogP contribution in [0.15, 0.2) is 9.98 Å². The van der Waals surface area contributed by atoms with Gasteiger partial charge in [0.15, 0.2) is 0 Å². The van der Waals surface area contributed by atoms with E-state index in [0.717, 1.165) is 19.4 Å². The molecule has 0 radical (unpaired) electrons. The van der Waals surface area contributed by atoms with Gasteiger partial charge in [-0.2, -0.15) is 0 Å². The van der Waals surface area contributed by atoms with Crippen LogP contribution in [-0.4, -0.2) is 43.1 Å². The molecule has 0 aliphatic rings. The first-order chi connectivity index (χ1) is 15.2. The lowest BCUT2D eigenvalue weighted by Gasteiger charge is -2.22. The zero-order valence-corrected chi connectivity index (χ0v) is 23.2. The van der Waals surface area contributed by atoms with Crippen molar-refractivity contribution >= 4 is 18.4 Å². The molecule has 192 valence electrons. The van der Waals surface area contributed by atoms with Gasteiger partial charge in [0.25, 0.3) is 0 Å². The summed E-state index contributed by atoms with van der Waals surface area (Å²) in [6.45, 7) is 13.5. The molecule has 1 unspecified atom stereocenters. The van der Waals surface area contributed by atoms with E-state index in [1.165, 1.54) is 122 Å². The van der Waals surface area contributed by atoms with Gasteiger partial charge < -0.3 is 4.90 Å². The van der Waals surface area contributed by atoms with E-state index in [9.17, 15) is 0 Å². The van der Waals surface area contributed by atoms with Crippen molar-refractivity contribution in [1.29, 1.82) is 0 Å². The van der Waals surface area contributed by atoms with E-state index >= 15 is 0 Å². The number of nitrogens with zero attached hydrogens (tertiary/aromatic N) is 3.